The van der Waals surface area contributed by atoms with E-state index in [4.69, 9.17) is 0 Å². The van der Waals surface area contributed by atoms with Gasteiger partial charge in [-0.3, -0.25) is 4.79 Å². The fraction of sp³-hybridized carbons (Fsp3) is 0.474. The summed E-state index contributed by atoms with van der Waals surface area (Å²) in [7, 11) is 1.98. The second-order valence-corrected chi connectivity index (χ2v) is 7.13. The highest BCUT2D eigenvalue weighted by molar-refractivity contribution is 5.96. The van der Waals surface area contributed by atoms with Crippen molar-refractivity contribution in [3.8, 4) is 11.4 Å². The van der Waals surface area contributed by atoms with Crippen molar-refractivity contribution in [1.82, 2.24) is 14.9 Å². The molecule has 0 unspecified atom stereocenters. The first-order chi connectivity index (χ1) is 11.7. The molecular weight excluding hydrogens is 371 g/mol. The number of carbonyl (C=O) groups is 1. The van der Waals surface area contributed by atoms with Gasteiger partial charge >= 0.3 is 0 Å². The zero-order valence-corrected chi connectivity index (χ0v) is 16.5. The van der Waals surface area contributed by atoms with Crippen LogP contribution in [0, 0.1) is 11.3 Å². The molecular formula is C19H26Cl2N4O. The van der Waals surface area contributed by atoms with E-state index in [0.29, 0.717) is 5.92 Å². The van der Waals surface area contributed by atoms with Crippen molar-refractivity contribution in [2.45, 2.75) is 25.7 Å². The van der Waals surface area contributed by atoms with Gasteiger partial charge in [0.05, 0.1) is 5.41 Å². The number of aromatic nitrogens is 2. The smallest absolute Gasteiger partial charge is 0.232 e. The Morgan fingerprint density at radius 2 is 2.19 bits per heavy atom. The Hall–Kier alpha value is -1.56. The molecule has 142 valence electrons. The molecule has 7 heteroatoms. The molecule has 0 bridgehead atoms. The SMILES string of the molecule is Cl.Cl.Cn1ccnc1-c1cccc(NC(=O)[C@@]23CCCC[C@H]2CNC3)c1. The first kappa shape index (κ1) is 20.7. The maximum absolute atomic E-state index is 13.1. The molecule has 2 heterocycles. The number of nitrogens with one attached hydrogen (secondary N) is 2. The van der Waals surface area contributed by atoms with E-state index in [-0.39, 0.29) is 36.1 Å². The largest absolute Gasteiger partial charge is 0.334 e. The number of carbonyl (C=O) groups excluding carboxylic acids is 1. The number of halogens is 2. The third-order valence-corrected chi connectivity index (χ3v) is 5.69. The molecule has 0 spiro atoms. The van der Waals surface area contributed by atoms with Crippen molar-refractivity contribution in [3.05, 3.63) is 36.7 Å². The summed E-state index contributed by atoms with van der Waals surface area (Å²) in [5.41, 5.74) is 1.64. The summed E-state index contributed by atoms with van der Waals surface area (Å²) in [6.45, 7) is 1.78. The second kappa shape index (κ2) is 8.42. The van der Waals surface area contributed by atoms with E-state index < -0.39 is 0 Å². The summed E-state index contributed by atoms with van der Waals surface area (Å²) in [5.74, 6) is 1.56. The molecule has 2 aromatic rings. The van der Waals surface area contributed by atoms with E-state index in [9.17, 15) is 4.79 Å². The van der Waals surface area contributed by atoms with Crippen molar-refractivity contribution in [1.29, 1.82) is 0 Å². The van der Waals surface area contributed by atoms with Crippen LogP contribution in [-0.4, -0.2) is 28.5 Å². The molecule has 1 aromatic heterocycles. The maximum Gasteiger partial charge on any atom is 0.232 e. The summed E-state index contributed by atoms with van der Waals surface area (Å²) in [6.07, 6.45) is 8.27. The number of aryl methyl sites for hydroxylation is 1. The molecule has 2 N–H and O–H groups in total. The minimum atomic E-state index is -0.225. The molecule has 2 fully saturated rings. The molecule has 5 nitrogen and oxygen atoms in total. The van der Waals surface area contributed by atoms with Gasteiger partial charge in [0.1, 0.15) is 5.82 Å². The molecule has 2 atom stereocenters. The Morgan fingerprint density at radius 3 is 2.96 bits per heavy atom. The van der Waals surface area contributed by atoms with Crippen LogP contribution >= 0.6 is 24.8 Å². The molecule has 1 aliphatic heterocycles. The lowest BCUT2D eigenvalue weighted by Crippen LogP contribution is -2.44. The third kappa shape index (κ3) is 3.61. The average Bonchev–Trinajstić information content (AvgIpc) is 3.21. The lowest BCUT2D eigenvalue weighted by atomic mass is 9.67. The van der Waals surface area contributed by atoms with Gasteiger partial charge in [0, 0.05) is 37.2 Å². The molecule has 0 radical (unpaired) electrons. The number of amides is 1. The Kier molecular flexibility index (Phi) is 6.72. The Bertz CT molecular complexity index is 764. The highest BCUT2D eigenvalue weighted by atomic mass is 35.5. The van der Waals surface area contributed by atoms with Crippen LogP contribution in [-0.2, 0) is 11.8 Å². The summed E-state index contributed by atoms with van der Waals surface area (Å²) >= 11 is 0. The zero-order valence-electron chi connectivity index (χ0n) is 14.9. The van der Waals surface area contributed by atoms with E-state index in [2.05, 4.69) is 15.6 Å². The van der Waals surface area contributed by atoms with Gasteiger partial charge in [-0.15, -0.1) is 24.8 Å². The lowest BCUT2D eigenvalue weighted by Gasteiger charge is -2.37. The van der Waals surface area contributed by atoms with E-state index in [0.717, 1.165) is 49.4 Å². The van der Waals surface area contributed by atoms with Gasteiger partial charge in [-0.2, -0.15) is 0 Å². The Balaban J connectivity index is 0.00000121. The Labute approximate surface area is 166 Å². The molecule has 1 saturated carbocycles. The van der Waals surface area contributed by atoms with Gasteiger partial charge in [-0.25, -0.2) is 4.98 Å². The van der Waals surface area contributed by atoms with Gasteiger partial charge in [-0.05, 0) is 37.4 Å². The van der Waals surface area contributed by atoms with Crippen molar-refractivity contribution in [2.75, 3.05) is 18.4 Å². The van der Waals surface area contributed by atoms with Crippen LogP contribution in [0.4, 0.5) is 5.69 Å². The first-order valence-corrected chi connectivity index (χ1v) is 8.79. The number of benzene rings is 1. The number of rotatable bonds is 3. The van der Waals surface area contributed by atoms with E-state index >= 15 is 0 Å². The van der Waals surface area contributed by atoms with Crippen molar-refractivity contribution < 1.29 is 4.79 Å². The monoisotopic (exact) mass is 396 g/mol. The van der Waals surface area contributed by atoms with Gasteiger partial charge < -0.3 is 15.2 Å². The molecule has 1 amide bonds. The standard InChI is InChI=1S/C19H24N4O.2ClH/c1-23-10-9-21-17(23)14-5-4-7-16(11-14)22-18(24)19-8-3-2-6-15(19)12-20-13-19;;/h4-5,7,9-11,15,20H,2-3,6,8,12-13H2,1H3,(H,22,24);2*1H/t15-,19+;;/m0../s1. The number of hydrogen-bond acceptors (Lipinski definition) is 3. The van der Waals surface area contributed by atoms with Crippen LogP contribution < -0.4 is 10.6 Å². The fourth-order valence-corrected chi connectivity index (χ4v) is 4.33. The van der Waals surface area contributed by atoms with Crippen molar-refractivity contribution in [2.24, 2.45) is 18.4 Å². The van der Waals surface area contributed by atoms with Gasteiger partial charge in [0.2, 0.25) is 5.91 Å². The number of hydrogen-bond donors (Lipinski definition) is 2. The minimum absolute atomic E-state index is 0. The van der Waals surface area contributed by atoms with Crippen LogP contribution in [0.15, 0.2) is 36.7 Å². The lowest BCUT2D eigenvalue weighted by molar-refractivity contribution is -0.128. The van der Waals surface area contributed by atoms with E-state index in [1.165, 1.54) is 6.42 Å². The fourth-order valence-electron chi connectivity index (χ4n) is 4.33. The van der Waals surface area contributed by atoms with Gasteiger partial charge in [0.15, 0.2) is 0 Å². The molecule has 26 heavy (non-hydrogen) atoms. The number of imidazole rings is 1. The predicted octanol–water partition coefficient (Wildman–Crippen LogP) is 3.65. The Morgan fingerprint density at radius 1 is 1.35 bits per heavy atom. The quantitative estimate of drug-likeness (QED) is 0.831. The first-order valence-electron chi connectivity index (χ1n) is 8.79. The molecule has 1 aliphatic carbocycles. The molecule has 2 aliphatic rings. The number of anilines is 1. The highest BCUT2D eigenvalue weighted by Gasteiger charge is 2.49. The van der Waals surface area contributed by atoms with E-state index in [1.807, 2.05) is 42.1 Å². The van der Waals surface area contributed by atoms with Crippen LogP contribution in [0.1, 0.15) is 25.7 Å². The van der Waals surface area contributed by atoms with Gasteiger partial charge in [-0.1, -0.05) is 25.0 Å². The summed E-state index contributed by atoms with van der Waals surface area (Å²) < 4.78 is 1.98. The highest BCUT2D eigenvalue weighted by Crippen LogP contribution is 2.44. The summed E-state index contributed by atoms with van der Waals surface area (Å²) in [5, 5.41) is 6.62. The number of nitrogens with zero attached hydrogens (tertiary/aromatic N) is 2. The number of fused-ring (bicyclic) bond motifs is 1. The second-order valence-electron chi connectivity index (χ2n) is 7.13. The predicted molar refractivity (Wildman–Crippen MR) is 109 cm³/mol. The van der Waals surface area contributed by atoms with Crippen LogP contribution in [0.2, 0.25) is 0 Å². The average molecular weight is 397 g/mol. The van der Waals surface area contributed by atoms with Crippen LogP contribution in [0.25, 0.3) is 11.4 Å². The topological polar surface area (TPSA) is 59.0 Å². The van der Waals surface area contributed by atoms with Crippen LogP contribution in [0.3, 0.4) is 0 Å². The van der Waals surface area contributed by atoms with Crippen LogP contribution in [0.5, 0.6) is 0 Å². The van der Waals surface area contributed by atoms with Crippen molar-refractivity contribution in [3.63, 3.8) is 0 Å². The van der Waals surface area contributed by atoms with Crippen molar-refractivity contribution >= 4 is 36.4 Å². The van der Waals surface area contributed by atoms with E-state index in [1.54, 1.807) is 6.20 Å². The maximum atomic E-state index is 13.1. The van der Waals surface area contributed by atoms with Gasteiger partial charge in [0.25, 0.3) is 0 Å². The molecule has 1 saturated heterocycles. The summed E-state index contributed by atoms with van der Waals surface area (Å²) in [6, 6.07) is 7.97. The zero-order chi connectivity index (χ0) is 16.6. The molecule has 4 rings (SSSR count). The molecule has 1 aromatic carbocycles. The summed E-state index contributed by atoms with van der Waals surface area (Å²) in [4.78, 5) is 17.5. The normalized spacial score (nSPS) is 24.1. The third-order valence-electron chi connectivity index (χ3n) is 5.69. The minimum Gasteiger partial charge on any atom is -0.334 e.